The van der Waals surface area contributed by atoms with Crippen LogP contribution in [0, 0.1) is 17.8 Å². The number of nitrogens with zero attached hydrogens (tertiary/aromatic N) is 1. The third-order valence-corrected chi connectivity index (χ3v) is 5.33. The molecule has 2 aliphatic rings. The molecule has 0 aromatic heterocycles. The van der Waals surface area contributed by atoms with Crippen LogP contribution in [0.5, 0.6) is 0 Å². The van der Waals surface area contributed by atoms with Crippen LogP contribution in [0.1, 0.15) is 33.1 Å². The summed E-state index contributed by atoms with van der Waals surface area (Å²) < 4.78 is 0. The molecule has 2 nitrogen and oxygen atoms in total. The summed E-state index contributed by atoms with van der Waals surface area (Å²) in [6.07, 6.45) is 3.55. The van der Waals surface area contributed by atoms with Gasteiger partial charge in [-0.25, -0.2) is 0 Å². The molecule has 3 heteroatoms. The highest BCUT2D eigenvalue weighted by Crippen LogP contribution is 2.35. The largest absolute Gasteiger partial charge is 0.298 e. The van der Waals surface area contributed by atoms with Crippen LogP contribution in [0.15, 0.2) is 0 Å². The molecule has 3 unspecified atom stereocenters. The summed E-state index contributed by atoms with van der Waals surface area (Å²) in [4.78, 5) is 14.9. The molecule has 0 radical (unpaired) electrons. The Bertz CT molecular complexity index is 271. The first-order chi connectivity index (χ1) is 8.08. The summed E-state index contributed by atoms with van der Waals surface area (Å²) >= 11 is 1.94. The molecule has 0 aromatic carbocycles. The van der Waals surface area contributed by atoms with Gasteiger partial charge in [-0.15, -0.1) is 0 Å². The number of thioether (sulfide) groups is 1. The van der Waals surface area contributed by atoms with E-state index in [0.717, 1.165) is 37.0 Å². The van der Waals surface area contributed by atoms with E-state index in [0.29, 0.717) is 11.7 Å². The highest BCUT2D eigenvalue weighted by molar-refractivity contribution is 7.99. The maximum atomic E-state index is 12.6. The Morgan fingerprint density at radius 1 is 1.18 bits per heavy atom. The third kappa shape index (κ3) is 3.25. The zero-order valence-electron chi connectivity index (χ0n) is 11.3. The number of ketones is 1. The van der Waals surface area contributed by atoms with E-state index in [4.69, 9.17) is 0 Å². The number of hydrogen-bond donors (Lipinski definition) is 0. The standard InChI is InChI=1S/C14H25NOS/c1-10-6-11(2)8-12(7-10)14(16)13-9-17-5-4-15(13)3/h10-13H,4-9H2,1-3H3. The van der Waals surface area contributed by atoms with Crippen molar-refractivity contribution in [1.29, 1.82) is 0 Å². The fourth-order valence-electron chi connectivity index (χ4n) is 3.44. The molecule has 0 bridgehead atoms. The Balaban J connectivity index is 1.98. The molecule has 1 saturated carbocycles. The first-order valence-electron chi connectivity index (χ1n) is 6.89. The van der Waals surface area contributed by atoms with Gasteiger partial charge in [-0.05, 0) is 38.1 Å². The van der Waals surface area contributed by atoms with Gasteiger partial charge in [0.05, 0.1) is 6.04 Å². The first kappa shape index (κ1) is 13.4. The monoisotopic (exact) mass is 255 g/mol. The van der Waals surface area contributed by atoms with Crippen molar-refractivity contribution < 1.29 is 4.79 Å². The van der Waals surface area contributed by atoms with Crippen molar-refractivity contribution in [2.75, 3.05) is 25.1 Å². The van der Waals surface area contributed by atoms with Crippen molar-refractivity contribution in [2.45, 2.75) is 39.2 Å². The van der Waals surface area contributed by atoms with E-state index in [1.54, 1.807) is 0 Å². The molecule has 3 atom stereocenters. The molecule has 17 heavy (non-hydrogen) atoms. The second kappa shape index (κ2) is 5.75. The van der Waals surface area contributed by atoms with Gasteiger partial charge in [0, 0.05) is 24.0 Å². The van der Waals surface area contributed by atoms with Gasteiger partial charge in [0.25, 0.3) is 0 Å². The number of hydrogen-bond acceptors (Lipinski definition) is 3. The Morgan fingerprint density at radius 3 is 2.41 bits per heavy atom. The minimum Gasteiger partial charge on any atom is -0.298 e. The highest BCUT2D eigenvalue weighted by atomic mass is 32.2. The predicted molar refractivity (Wildman–Crippen MR) is 74.4 cm³/mol. The second-order valence-corrected chi connectivity index (χ2v) is 7.24. The van der Waals surface area contributed by atoms with E-state index in [1.165, 1.54) is 12.2 Å². The number of Topliss-reactive ketones (excluding diaryl/α,β-unsaturated/α-hetero) is 1. The maximum absolute atomic E-state index is 12.6. The van der Waals surface area contributed by atoms with E-state index in [2.05, 4.69) is 25.8 Å². The molecule has 1 aliphatic carbocycles. The highest BCUT2D eigenvalue weighted by Gasteiger charge is 2.35. The smallest absolute Gasteiger partial charge is 0.153 e. The van der Waals surface area contributed by atoms with Crippen molar-refractivity contribution in [3.63, 3.8) is 0 Å². The predicted octanol–water partition coefficient (Wildman–Crippen LogP) is 2.68. The summed E-state index contributed by atoms with van der Waals surface area (Å²) in [6, 6.07) is 0.191. The topological polar surface area (TPSA) is 20.3 Å². The van der Waals surface area contributed by atoms with Gasteiger partial charge in [-0.3, -0.25) is 9.69 Å². The minimum absolute atomic E-state index is 0.191. The molecule has 1 saturated heterocycles. The van der Waals surface area contributed by atoms with Crippen LogP contribution in [-0.4, -0.2) is 41.8 Å². The normalized spacial score (nSPS) is 40.2. The van der Waals surface area contributed by atoms with Crippen molar-refractivity contribution in [1.82, 2.24) is 4.90 Å². The summed E-state index contributed by atoms with van der Waals surface area (Å²) in [5.41, 5.74) is 0. The molecule has 0 amide bonds. The van der Waals surface area contributed by atoms with Gasteiger partial charge >= 0.3 is 0 Å². The summed E-state index contributed by atoms with van der Waals surface area (Å²) in [5, 5.41) is 0. The lowest BCUT2D eigenvalue weighted by Crippen LogP contribution is -2.48. The van der Waals surface area contributed by atoms with Gasteiger partial charge in [0.2, 0.25) is 0 Å². The van der Waals surface area contributed by atoms with Crippen molar-refractivity contribution in [3.05, 3.63) is 0 Å². The molecular weight excluding hydrogens is 230 g/mol. The lowest BCUT2D eigenvalue weighted by atomic mass is 9.74. The van der Waals surface area contributed by atoms with E-state index in [1.807, 2.05) is 11.8 Å². The molecule has 2 rings (SSSR count). The molecule has 2 fully saturated rings. The zero-order valence-corrected chi connectivity index (χ0v) is 12.1. The molecule has 0 spiro atoms. The number of carbonyl (C=O) groups excluding carboxylic acids is 1. The van der Waals surface area contributed by atoms with Crippen LogP contribution >= 0.6 is 11.8 Å². The second-order valence-electron chi connectivity index (χ2n) is 6.09. The quantitative estimate of drug-likeness (QED) is 0.756. The van der Waals surface area contributed by atoms with Gasteiger partial charge in [-0.1, -0.05) is 13.8 Å². The number of likely N-dealkylation sites (N-methyl/N-ethyl adjacent to an activating group) is 1. The van der Waals surface area contributed by atoms with Crippen LogP contribution < -0.4 is 0 Å². The molecule has 98 valence electrons. The number of rotatable bonds is 2. The van der Waals surface area contributed by atoms with E-state index in [9.17, 15) is 4.79 Å². The summed E-state index contributed by atoms with van der Waals surface area (Å²) in [5.74, 6) is 4.51. The maximum Gasteiger partial charge on any atom is 0.153 e. The SMILES string of the molecule is CC1CC(C)CC(C(=O)C2CSCCN2C)C1. The number of carbonyl (C=O) groups is 1. The Morgan fingerprint density at radius 2 is 1.82 bits per heavy atom. The molecule has 1 aliphatic heterocycles. The zero-order chi connectivity index (χ0) is 12.4. The lowest BCUT2D eigenvalue weighted by Gasteiger charge is -2.37. The van der Waals surface area contributed by atoms with Crippen LogP contribution in [0.25, 0.3) is 0 Å². The summed E-state index contributed by atoms with van der Waals surface area (Å²) in [7, 11) is 2.11. The van der Waals surface area contributed by atoms with Crippen LogP contribution in [-0.2, 0) is 4.79 Å². The molecule has 1 heterocycles. The van der Waals surface area contributed by atoms with E-state index in [-0.39, 0.29) is 6.04 Å². The molecule has 0 aromatic rings. The van der Waals surface area contributed by atoms with Gasteiger partial charge in [0.1, 0.15) is 0 Å². The molecule has 0 N–H and O–H groups in total. The Hall–Kier alpha value is -0.0200. The van der Waals surface area contributed by atoms with Crippen molar-refractivity contribution in [2.24, 2.45) is 17.8 Å². The van der Waals surface area contributed by atoms with E-state index < -0.39 is 0 Å². The Labute approximate surface area is 110 Å². The Kier molecular flexibility index (Phi) is 4.53. The average molecular weight is 255 g/mol. The van der Waals surface area contributed by atoms with Crippen LogP contribution in [0.2, 0.25) is 0 Å². The first-order valence-corrected chi connectivity index (χ1v) is 8.05. The van der Waals surface area contributed by atoms with E-state index >= 15 is 0 Å². The fraction of sp³-hybridized carbons (Fsp3) is 0.929. The average Bonchev–Trinajstić information content (AvgIpc) is 2.27. The lowest BCUT2D eigenvalue weighted by molar-refractivity contribution is -0.129. The van der Waals surface area contributed by atoms with Gasteiger partial charge in [-0.2, -0.15) is 11.8 Å². The summed E-state index contributed by atoms with van der Waals surface area (Å²) in [6.45, 7) is 5.67. The van der Waals surface area contributed by atoms with Gasteiger partial charge in [0.15, 0.2) is 5.78 Å². The molecular formula is C14H25NOS. The third-order valence-electron chi connectivity index (χ3n) is 4.31. The van der Waals surface area contributed by atoms with Crippen molar-refractivity contribution >= 4 is 17.5 Å². The van der Waals surface area contributed by atoms with Crippen LogP contribution in [0.3, 0.4) is 0 Å². The van der Waals surface area contributed by atoms with Gasteiger partial charge < -0.3 is 0 Å². The fourth-order valence-corrected chi connectivity index (χ4v) is 4.66. The van der Waals surface area contributed by atoms with Crippen molar-refractivity contribution in [3.8, 4) is 0 Å². The minimum atomic E-state index is 0.191. The van der Waals surface area contributed by atoms with Crippen LogP contribution in [0.4, 0.5) is 0 Å².